The molecule has 0 saturated carbocycles. The zero-order chi connectivity index (χ0) is 15.2. The highest BCUT2D eigenvalue weighted by atomic mass is 32.2. The molecule has 1 heterocycles. The van der Waals surface area contributed by atoms with Gasteiger partial charge in [0.05, 0.1) is 5.75 Å². The normalized spacial score (nSPS) is 10.6. The molecule has 1 amide bonds. The quantitative estimate of drug-likeness (QED) is 0.767. The lowest BCUT2D eigenvalue weighted by molar-refractivity contribution is -0.127. The fourth-order valence-corrected chi connectivity index (χ4v) is 2.71. The van der Waals surface area contributed by atoms with Crippen LogP contribution in [0.25, 0.3) is 0 Å². The number of nitrogens with zero attached hydrogens (tertiary/aromatic N) is 4. The molecule has 0 unspecified atom stereocenters. The van der Waals surface area contributed by atoms with Crippen LogP contribution in [0.4, 0.5) is 0 Å². The van der Waals surface area contributed by atoms with Crippen LogP contribution in [0.5, 0.6) is 0 Å². The molecule has 0 spiro atoms. The topological polar surface area (TPSA) is 51.0 Å². The molecule has 0 radical (unpaired) electrons. The minimum Gasteiger partial charge on any atom is -0.341 e. The first-order chi connectivity index (χ1) is 10.1. The van der Waals surface area contributed by atoms with Crippen LogP contribution in [-0.4, -0.2) is 38.4 Å². The minimum atomic E-state index is 0.0857. The van der Waals surface area contributed by atoms with Gasteiger partial charge < -0.3 is 9.47 Å². The summed E-state index contributed by atoms with van der Waals surface area (Å²) in [4.78, 5) is 13.9. The number of carbonyl (C=O) groups is 1. The van der Waals surface area contributed by atoms with Crippen molar-refractivity contribution >= 4 is 17.7 Å². The van der Waals surface area contributed by atoms with E-state index in [9.17, 15) is 4.79 Å². The van der Waals surface area contributed by atoms with E-state index in [0.29, 0.717) is 12.3 Å². The van der Waals surface area contributed by atoms with Crippen LogP contribution in [0, 0.1) is 0 Å². The maximum atomic E-state index is 12.1. The maximum absolute atomic E-state index is 12.1. The standard InChI is InChI=1S/C15H20N4OS/c1-4-12-5-7-13(8-6-12)9-18(2)14(20)10-21-15-17-16-11-19(15)3/h5-8,11H,4,9-10H2,1-3H3. The van der Waals surface area contributed by atoms with Gasteiger partial charge in [0.2, 0.25) is 5.91 Å². The van der Waals surface area contributed by atoms with Crippen LogP contribution in [0.2, 0.25) is 0 Å². The molecule has 0 aliphatic rings. The second kappa shape index (κ2) is 7.26. The van der Waals surface area contributed by atoms with E-state index in [0.717, 1.165) is 17.1 Å². The summed E-state index contributed by atoms with van der Waals surface area (Å²) in [7, 11) is 3.69. The molecule has 2 aromatic rings. The third kappa shape index (κ3) is 4.32. The van der Waals surface area contributed by atoms with E-state index < -0.39 is 0 Å². The van der Waals surface area contributed by atoms with Crippen molar-refractivity contribution in [3.05, 3.63) is 41.7 Å². The van der Waals surface area contributed by atoms with Gasteiger partial charge in [0.15, 0.2) is 5.16 Å². The molecule has 5 nitrogen and oxygen atoms in total. The van der Waals surface area contributed by atoms with Gasteiger partial charge in [0.25, 0.3) is 0 Å². The number of aromatic nitrogens is 3. The smallest absolute Gasteiger partial charge is 0.233 e. The lowest BCUT2D eigenvalue weighted by Crippen LogP contribution is -2.27. The third-order valence-corrected chi connectivity index (χ3v) is 4.29. The van der Waals surface area contributed by atoms with Crippen molar-refractivity contribution in [2.75, 3.05) is 12.8 Å². The lowest BCUT2D eigenvalue weighted by atomic mass is 10.1. The fraction of sp³-hybridized carbons (Fsp3) is 0.400. The number of carbonyl (C=O) groups excluding carboxylic acids is 1. The van der Waals surface area contributed by atoms with Gasteiger partial charge in [-0.3, -0.25) is 4.79 Å². The van der Waals surface area contributed by atoms with Crippen molar-refractivity contribution in [3.63, 3.8) is 0 Å². The second-order valence-corrected chi connectivity index (χ2v) is 5.88. The van der Waals surface area contributed by atoms with E-state index in [-0.39, 0.29) is 5.91 Å². The van der Waals surface area contributed by atoms with Crippen LogP contribution in [0.15, 0.2) is 35.7 Å². The summed E-state index contributed by atoms with van der Waals surface area (Å²) in [6, 6.07) is 8.39. The highest BCUT2D eigenvalue weighted by Crippen LogP contribution is 2.14. The average molecular weight is 304 g/mol. The molecule has 0 saturated heterocycles. The van der Waals surface area contributed by atoms with Crippen LogP contribution in [0.1, 0.15) is 18.1 Å². The molecule has 0 aliphatic carbocycles. The predicted molar refractivity (Wildman–Crippen MR) is 84.0 cm³/mol. The Hall–Kier alpha value is -1.82. The second-order valence-electron chi connectivity index (χ2n) is 4.93. The molecule has 0 bridgehead atoms. The van der Waals surface area contributed by atoms with Gasteiger partial charge in [0, 0.05) is 20.6 Å². The molecule has 112 valence electrons. The summed E-state index contributed by atoms with van der Waals surface area (Å²) in [6.07, 6.45) is 2.66. The number of hydrogen-bond donors (Lipinski definition) is 0. The Bertz CT molecular complexity index is 594. The Morgan fingerprint density at radius 2 is 1.95 bits per heavy atom. The third-order valence-electron chi connectivity index (χ3n) is 3.27. The van der Waals surface area contributed by atoms with E-state index in [4.69, 9.17) is 0 Å². The molecule has 0 N–H and O–H groups in total. The first-order valence-electron chi connectivity index (χ1n) is 6.88. The van der Waals surface area contributed by atoms with Crippen molar-refractivity contribution in [1.82, 2.24) is 19.7 Å². The van der Waals surface area contributed by atoms with Crippen LogP contribution in [0.3, 0.4) is 0 Å². The van der Waals surface area contributed by atoms with Crippen molar-refractivity contribution < 1.29 is 4.79 Å². The van der Waals surface area contributed by atoms with Crippen LogP contribution < -0.4 is 0 Å². The largest absolute Gasteiger partial charge is 0.341 e. The van der Waals surface area contributed by atoms with E-state index in [2.05, 4.69) is 41.4 Å². The van der Waals surface area contributed by atoms with E-state index in [1.165, 1.54) is 17.3 Å². The first-order valence-corrected chi connectivity index (χ1v) is 7.87. The number of aryl methyl sites for hydroxylation is 2. The summed E-state index contributed by atoms with van der Waals surface area (Å²) in [5, 5.41) is 8.50. The number of hydrogen-bond acceptors (Lipinski definition) is 4. The van der Waals surface area contributed by atoms with Gasteiger partial charge in [-0.05, 0) is 17.5 Å². The van der Waals surface area contributed by atoms with E-state index >= 15 is 0 Å². The van der Waals surface area contributed by atoms with E-state index in [1.54, 1.807) is 15.8 Å². The van der Waals surface area contributed by atoms with Gasteiger partial charge in [-0.1, -0.05) is 43.0 Å². The molecule has 2 rings (SSSR count). The number of amides is 1. The summed E-state index contributed by atoms with van der Waals surface area (Å²) in [5.41, 5.74) is 2.46. The Labute approximate surface area is 129 Å². The molecular formula is C15H20N4OS. The maximum Gasteiger partial charge on any atom is 0.233 e. The number of benzene rings is 1. The molecule has 6 heteroatoms. The molecule has 0 fully saturated rings. The van der Waals surface area contributed by atoms with Gasteiger partial charge in [0.1, 0.15) is 6.33 Å². The molecular weight excluding hydrogens is 284 g/mol. The van der Waals surface area contributed by atoms with Crippen LogP contribution in [-0.2, 0) is 24.8 Å². The van der Waals surface area contributed by atoms with Gasteiger partial charge in [-0.2, -0.15) is 0 Å². The van der Waals surface area contributed by atoms with E-state index in [1.807, 2.05) is 14.1 Å². The zero-order valence-corrected chi connectivity index (χ0v) is 13.4. The molecule has 1 aromatic heterocycles. The molecule has 0 atom stereocenters. The van der Waals surface area contributed by atoms with Crippen molar-refractivity contribution in [1.29, 1.82) is 0 Å². The zero-order valence-electron chi connectivity index (χ0n) is 12.6. The highest BCUT2D eigenvalue weighted by Gasteiger charge is 2.11. The minimum absolute atomic E-state index is 0.0857. The summed E-state index contributed by atoms with van der Waals surface area (Å²) in [5.74, 6) is 0.457. The fourth-order valence-electron chi connectivity index (χ4n) is 1.88. The summed E-state index contributed by atoms with van der Waals surface area (Å²) < 4.78 is 1.81. The molecule has 0 aliphatic heterocycles. The first kappa shape index (κ1) is 15.6. The predicted octanol–water partition coefficient (Wildman–Crippen LogP) is 2.13. The van der Waals surface area contributed by atoms with Crippen LogP contribution >= 0.6 is 11.8 Å². The average Bonchev–Trinajstić information content (AvgIpc) is 2.90. The molecule has 1 aromatic carbocycles. The summed E-state index contributed by atoms with van der Waals surface area (Å²) >= 11 is 1.40. The lowest BCUT2D eigenvalue weighted by Gasteiger charge is -2.17. The van der Waals surface area contributed by atoms with Crippen molar-refractivity contribution in [3.8, 4) is 0 Å². The van der Waals surface area contributed by atoms with Gasteiger partial charge >= 0.3 is 0 Å². The monoisotopic (exact) mass is 304 g/mol. The Kier molecular flexibility index (Phi) is 5.38. The highest BCUT2D eigenvalue weighted by molar-refractivity contribution is 7.99. The summed E-state index contributed by atoms with van der Waals surface area (Å²) in [6.45, 7) is 2.76. The Morgan fingerprint density at radius 1 is 1.29 bits per heavy atom. The van der Waals surface area contributed by atoms with Gasteiger partial charge in [-0.15, -0.1) is 10.2 Å². The number of thioether (sulfide) groups is 1. The van der Waals surface area contributed by atoms with Gasteiger partial charge in [-0.25, -0.2) is 0 Å². The van der Waals surface area contributed by atoms with Crippen molar-refractivity contribution in [2.45, 2.75) is 25.0 Å². The molecule has 21 heavy (non-hydrogen) atoms. The Balaban J connectivity index is 1.85. The Morgan fingerprint density at radius 3 is 2.52 bits per heavy atom. The number of rotatable bonds is 6. The van der Waals surface area contributed by atoms with Crippen molar-refractivity contribution in [2.24, 2.45) is 7.05 Å². The SMILES string of the molecule is CCc1ccc(CN(C)C(=O)CSc2nncn2C)cc1.